The van der Waals surface area contributed by atoms with Gasteiger partial charge in [0.05, 0.1) is 5.69 Å². The predicted molar refractivity (Wildman–Crippen MR) is 112 cm³/mol. The fraction of sp³-hybridized carbons (Fsp3) is 0.304. The van der Waals surface area contributed by atoms with Crippen LogP contribution in [0.15, 0.2) is 48.5 Å². The summed E-state index contributed by atoms with van der Waals surface area (Å²) in [5, 5.41) is 0. The maximum absolute atomic E-state index is 13.0. The number of imidazole rings is 1. The van der Waals surface area contributed by atoms with Crippen LogP contribution < -0.4 is 5.73 Å². The van der Waals surface area contributed by atoms with Crippen LogP contribution in [0.25, 0.3) is 11.3 Å². The van der Waals surface area contributed by atoms with Crippen LogP contribution in [0.2, 0.25) is 0 Å². The standard InChI is InChI=1S/C23H26N4O/c1-15-22(26-16(2)25-15)19-4-3-5-20(14-19)23(28)27-12-10-18(11-13-27)17-6-8-21(24)9-7-17/h3-9,14,18H,10-13,24H2,1-2H3,(H,25,26). The number of hydrogen-bond donors (Lipinski definition) is 2. The van der Waals surface area contributed by atoms with Gasteiger partial charge in [0.1, 0.15) is 5.82 Å². The minimum Gasteiger partial charge on any atom is -0.399 e. The SMILES string of the molecule is Cc1nc(-c2cccc(C(=O)N3CCC(c4ccc(N)cc4)CC3)c2)c(C)[nH]1. The van der Waals surface area contributed by atoms with E-state index in [2.05, 4.69) is 22.1 Å². The topological polar surface area (TPSA) is 75.0 Å². The number of hydrogen-bond acceptors (Lipinski definition) is 3. The van der Waals surface area contributed by atoms with E-state index in [-0.39, 0.29) is 5.91 Å². The Kier molecular flexibility index (Phi) is 4.90. The first-order chi connectivity index (χ1) is 13.5. The number of carbonyl (C=O) groups excluding carboxylic acids is 1. The second kappa shape index (κ2) is 7.50. The van der Waals surface area contributed by atoms with Crippen molar-refractivity contribution >= 4 is 11.6 Å². The lowest BCUT2D eigenvalue weighted by atomic mass is 9.89. The van der Waals surface area contributed by atoms with E-state index in [4.69, 9.17) is 5.73 Å². The van der Waals surface area contributed by atoms with E-state index < -0.39 is 0 Å². The van der Waals surface area contributed by atoms with Crippen molar-refractivity contribution < 1.29 is 4.79 Å². The summed E-state index contributed by atoms with van der Waals surface area (Å²) in [5.74, 6) is 1.47. The van der Waals surface area contributed by atoms with Crippen molar-refractivity contribution in [2.75, 3.05) is 18.8 Å². The lowest BCUT2D eigenvalue weighted by molar-refractivity contribution is 0.0713. The smallest absolute Gasteiger partial charge is 0.253 e. The molecule has 0 atom stereocenters. The molecule has 0 bridgehead atoms. The van der Waals surface area contributed by atoms with Gasteiger partial charge in [0.15, 0.2) is 0 Å². The van der Waals surface area contributed by atoms with Crippen LogP contribution in [-0.2, 0) is 0 Å². The first-order valence-electron chi connectivity index (χ1n) is 9.79. The van der Waals surface area contributed by atoms with Crippen molar-refractivity contribution in [1.82, 2.24) is 14.9 Å². The molecule has 3 N–H and O–H groups in total. The molecule has 144 valence electrons. The first kappa shape index (κ1) is 18.3. The monoisotopic (exact) mass is 374 g/mol. The second-order valence-corrected chi connectivity index (χ2v) is 7.61. The predicted octanol–water partition coefficient (Wildman–Crippen LogP) is 4.30. The van der Waals surface area contributed by atoms with Gasteiger partial charge in [-0.2, -0.15) is 0 Å². The molecule has 1 saturated heterocycles. The minimum absolute atomic E-state index is 0.0996. The van der Waals surface area contributed by atoms with Gasteiger partial charge in [0.25, 0.3) is 5.91 Å². The van der Waals surface area contributed by atoms with E-state index in [9.17, 15) is 4.79 Å². The maximum Gasteiger partial charge on any atom is 0.253 e. The van der Waals surface area contributed by atoms with E-state index in [0.29, 0.717) is 5.92 Å². The first-order valence-corrected chi connectivity index (χ1v) is 9.79. The number of carbonyl (C=O) groups is 1. The van der Waals surface area contributed by atoms with Crippen LogP contribution in [0, 0.1) is 13.8 Å². The summed E-state index contributed by atoms with van der Waals surface area (Å²) in [7, 11) is 0. The largest absolute Gasteiger partial charge is 0.399 e. The minimum atomic E-state index is 0.0996. The summed E-state index contributed by atoms with van der Waals surface area (Å²) in [6, 6.07) is 15.9. The molecule has 28 heavy (non-hydrogen) atoms. The van der Waals surface area contributed by atoms with Crippen molar-refractivity contribution in [2.24, 2.45) is 0 Å². The van der Waals surface area contributed by atoms with Gasteiger partial charge in [0, 0.05) is 35.6 Å². The van der Waals surface area contributed by atoms with Gasteiger partial charge in [-0.05, 0) is 62.4 Å². The number of aromatic amines is 1. The van der Waals surface area contributed by atoms with Crippen molar-refractivity contribution in [1.29, 1.82) is 0 Å². The maximum atomic E-state index is 13.0. The number of benzene rings is 2. The van der Waals surface area contributed by atoms with Gasteiger partial charge >= 0.3 is 0 Å². The highest BCUT2D eigenvalue weighted by molar-refractivity contribution is 5.95. The number of likely N-dealkylation sites (tertiary alicyclic amines) is 1. The number of nitrogen functional groups attached to an aromatic ring is 1. The van der Waals surface area contributed by atoms with Crippen LogP contribution in [0.5, 0.6) is 0 Å². The molecule has 0 saturated carbocycles. The van der Waals surface area contributed by atoms with E-state index in [1.807, 2.05) is 55.1 Å². The number of amides is 1. The van der Waals surface area contributed by atoms with Gasteiger partial charge in [-0.3, -0.25) is 4.79 Å². The Morgan fingerprint density at radius 3 is 2.46 bits per heavy atom. The fourth-order valence-corrected chi connectivity index (χ4v) is 4.06. The number of rotatable bonds is 3. The van der Waals surface area contributed by atoms with E-state index in [1.165, 1.54) is 5.56 Å². The molecule has 0 spiro atoms. The summed E-state index contributed by atoms with van der Waals surface area (Å²) < 4.78 is 0. The molecular weight excluding hydrogens is 348 g/mol. The van der Waals surface area contributed by atoms with E-state index in [1.54, 1.807) is 0 Å². The molecule has 1 fully saturated rings. The number of aromatic nitrogens is 2. The second-order valence-electron chi connectivity index (χ2n) is 7.61. The van der Waals surface area contributed by atoms with Crippen LogP contribution in [0.1, 0.15) is 46.2 Å². The zero-order chi connectivity index (χ0) is 19.7. The van der Waals surface area contributed by atoms with Crippen LogP contribution in [0.4, 0.5) is 5.69 Å². The summed E-state index contributed by atoms with van der Waals surface area (Å²) in [6.07, 6.45) is 1.96. The van der Waals surface area contributed by atoms with Crippen LogP contribution >= 0.6 is 0 Å². The Bertz CT molecular complexity index is 982. The Morgan fingerprint density at radius 1 is 1.11 bits per heavy atom. The lowest BCUT2D eigenvalue weighted by Gasteiger charge is -2.32. The number of nitrogens with two attached hydrogens (primary N) is 1. The quantitative estimate of drug-likeness (QED) is 0.671. The molecule has 3 aromatic rings. The Balaban J connectivity index is 1.46. The number of nitrogens with zero attached hydrogens (tertiary/aromatic N) is 2. The summed E-state index contributed by atoms with van der Waals surface area (Å²) in [4.78, 5) is 22.8. The molecule has 2 aromatic carbocycles. The summed E-state index contributed by atoms with van der Waals surface area (Å²) in [5.41, 5.74) is 11.5. The highest BCUT2D eigenvalue weighted by atomic mass is 16.2. The molecule has 1 aliphatic rings. The Hall–Kier alpha value is -3.08. The van der Waals surface area contributed by atoms with Crippen molar-refractivity contribution in [3.05, 3.63) is 71.2 Å². The Morgan fingerprint density at radius 2 is 1.82 bits per heavy atom. The molecule has 4 rings (SSSR count). The molecule has 0 unspecified atom stereocenters. The average molecular weight is 374 g/mol. The van der Waals surface area contributed by atoms with Crippen LogP contribution in [-0.4, -0.2) is 33.9 Å². The third-order valence-electron chi connectivity index (χ3n) is 5.58. The Labute approximate surface area is 165 Å². The summed E-state index contributed by atoms with van der Waals surface area (Å²) >= 11 is 0. The molecule has 1 aromatic heterocycles. The number of nitrogens with one attached hydrogen (secondary N) is 1. The lowest BCUT2D eigenvalue weighted by Crippen LogP contribution is -2.37. The molecule has 1 amide bonds. The molecular formula is C23H26N4O. The highest BCUT2D eigenvalue weighted by Crippen LogP contribution is 2.30. The molecule has 5 nitrogen and oxygen atoms in total. The van der Waals surface area contributed by atoms with E-state index in [0.717, 1.165) is 60.0 Å². The van der Waals surface area contributed by atoms with Gasteiger partial charge in [0.2, 0.25) is 0 Å². The van der Waals surface area contributed by atoms with Crippen molar-refractivity contribution in [3.8, 4) is 11.3 Å². The normalized spacial score (nSPS) is 15.0. The zero-order valence-corrected chi connectivity index (χ0v) is 16.4. The van der Waals surface area contributed by atoms with Gasteiger partial charge in [-0.15, -0.1) is 0 Å². The average Bonchev–Trinajstić information content (AvgIpc) is 3.06. The third-order valence-corrected chi connectivity index (χ3v) is 5.58. The van der Waals surface area contributed by atoms with E-state index >= 15 is 0 Å². The molecule has 1 aliphatic heterocycles. The number of aryl methyl sites for hydroxylation is 2. The zero-order valence-electron chi connectivity index (χ0n) is 16.4. The number of anilines is 1. The molecule has 5 heteroatoms. The van der Waals surface area contributed by atoms with Gasteiger partial charge in [-0.25, -0.2) is 4.98 Å². The van der Waals surface area contributed by atoms with Gasteiger partial charge in [-0.1, -0.05) is 24.3 Å². The number of H-pyrrole nitrogens is 1. The van der Waals surface area contributed by atoms with Crippen molar-refractivity contribution in [3.63, 3.8) is 0 Å². The molecule has 0 aliphatic carbocycles. The molecule has 2 heterocycles. The van der Waals surface area contributed by atoms with Crippen LogP contribution in [0.3, 0.4) is 0 Å². The molecule has 0 radical (unpaired) electrons. The van der Waals surface area contributed by atoms with Gasteiger partial charge < -0.3 is 15.6 Å². The summed E-state index contributed by atoms with van der Waals surface area (Å²) in [6.45, 7) is 5.50. The highest BCUT2D eigenvalue weighted by Gasteiger charge is 2.25. The number of piperidine rings is 1. The fourth-order valence-electron chi connectivity index (χ4n) is 4.06. The van der Waals surface area contributed by atoms with Crippen molar-refractivity contribution in [2.45, 2.75) is 32.6 Å². The third kappa shape index (κ3) is 3.65.